The van der Waals surface area contributed by atoms with E-state index in [9.17, 15) is 9.59 Å². The van der Waals surface area contributed by atoms with E-state index < -0.39 is 0 Å². The second kappa shape index (κ2) is 9.62. The minimum absolute atomic E-state index is 0.0532. The van der Waals surface area contributed by atoms with Crippen LogP contribution in [-0.4, -0.2) is 53.1 Å². The summed E-state index contributed by atoms with van der Waals surface area (Å²) in [4.78, 5) is 31.5. The molecule has 3 aromatic rings. The molecule has 1 saturated heterocycles. The van der Waals surface area contributed by atoms with Crippen molar-refractivity contribution in [2.75, 3.05) is 26.8 Å². The van der Waals surface area contributed by atoms with Crippen molar-refractivity contribution >= 4 is 34.1 Å². The van der Waals surface area contributed by atoms with Crippen molar-refractivity contribution < 1.29 is 14.3 Å². The van der Waals surface area contributed by atoms with Crippen LogP contribution >= 0.6 is 11.3 Å². The average Bonchev–Trinajstić information content (AvgIpc) is 3.44. The number of methoxy groups -OCH3 is 1. The molecule has 0 aliphatic carbocycles. The molecule has 2 amide bonds. The third-order valence-corrected chi connectivity index (χ3v) is 6.79. The molecule has 164 valence electrons. The molecule has 4 rings (SSSR count). The van der Waals surface area contributed by atoms with Gasteiger partial charge in [-0.3, -0.25) is 9.59 Å². The number of nitrogens with one attached hydrogen (secondary N) is 1. The molecule has 8 heteroatoms. The van der Waals surface area contributed by atoms with E-state index in [0.29, 0.717) is 26.2 Å². The molecule has 0 unspecified atom stereocenters. The number of rotatable bonds is 7. The smallest absolute Gasteiger partial charge is 0.256 e. The zero-order chi connectivity index (χ0) is 21.8. The first-order chi connectivity index (χ1) is 15.1. The Kier molecular flexibility index (Phi) is 6.67. The van der Waals surface area contributed by atoms with Crippen molar-refractivity contribution in [1.82, 2.24) is 19.8 Å². The zero-order valence-electron chi connectivity index (χ0n) is 17.9. The van der Waals surface area contributed by atoms with Crippen molar-refractivity contribution in [3.8, 4) is 0 Å². The summed E-state index contributed by atoms with van der Waals surface area (Å²) in [6.07, 6.45) is 5.39. The van der Waals surface area contributed by atoms with Crippen LogP contribution in [0.5, 0.6) is 0 Å². The predicted octanol–water partition coefficient (Wildman–Crippen LogP) is 3.47. The van der Waals surface area contributed by atoms with E-state index in [4.69, 9.17) is 4.74 Å². The lowest BCUT2D eigenvalue weighted by Crippen LogP contribution is -2.42. The van der Waals surface area contributed by atoms with Gasteiger partial charge in [-0.05, 0) is 24.8 Å². The third-order valence-electron chi connectivity index (χ3n) is 5.93. The number of hydrogen-bond donors (Lipinski definition) is 1. The SMILES string of the molecule is COCCn1cc(C(=O)N2CCC([C@H](NC(C)=O)c3nccs3)CC2)c2ccccc21. The zero-order valence-corrected chi connectivity index (χ0v) is 18.7. The average molecular weight is 441 g/mol. The van der Waals surface area contributed by atoms with Crippen LogP contribution in [0, 0.1) is 5.92 Å². The summed E-state index contributed by atoms with van der Waals surface area (Å²) >= 11 is 1.56. The maximum Gasteiger partial charge on any atom is 0.256 e. The van der Waals surface area contributed by atoms with Gasteiger partial charge in [0.05, 0.1) is 18.2 Å². The van der Waals surface area contributed by atoms with Crippen molar-refractivity contribution in [2.24, 2.45) is 5.92 Å². The molecule has 1 fully saturated rings. The Hall–Kier alpha value is -2.71. The van der Waals surface area contributed by atoms with Gasteiger partial charge in [0.2, 0.25) is 5.91 Å². The molecule has 7 nitrogen and oxygen atoms in total. The molecule has 1 atom stereocenters. The molecule has 1 aromatic carbocycles. The quantitative estimate of drug-likeness (QED) is 0.610. The van der Waals surface area contributed by atoms with Gasteiger partial charge in [-0.1, -0.05) is 18.2 Å². The van der Waals surface area contributed by atoms with E-state index in [-0.39, 0.29) is 23.8 Å². The summed E-state index contributed by atoms with van der Waals surface area (Å²) in [6, 6.07) is 7.92. The summed E-state index contributed by atoms with van der Waals surface area (Å²) in [5.41, 5.74) is 1.79. The normalized spacial score (nSPS) is 15.9. The van der Waals surface area contributed by atoms with E-state index in [1.54, 1.807) is 31.6 Å². The van der Waals surface area contributed by atoms with Crippen LogP contribution in [0.1, 0.15) is 41.2 Å². The van der Waals surface area contributed by atoms with Crippen LogP contribution < -0.4 is 5.32 Å². The standard InChI is InChI=1S/C23H28N4O3S/c1-16(28)25-21(22-24-9-14-31-22)17-7-10-26(11-8-17)23(29)19-15-27(12-13-30-2)20-6-4-3-5-18(19)20/h3-6,9,14-15,17,21H,7-8,10-13H2,1-2H3,(H,25,28)/t21-/m0/s1. The highest BCUT2D eigenvalue weighted by Gasteiger charge is 2.32. The molecular weight excluding hydrogens is 412 g/mol. The summed E-state index contributed by atoms with van der Waals surface area (Å²) in [5, 5.41) is 6.91. The van der Waals surface area contributed by atoms with E-state index >= 15 is 0 Å². The fourth-order valence-corrected chi connectivity index (χ4v) is 5.17. The lowest BCUT2D eigenvalue weighted by molar-refractivity contribution is -0.120. The van der Waals surface area contributed by atoms with E-state index in [2.05, 4.69) is 14.9 Å². The first-order valence-corrected chi connectivity index (χ1v) is 11.5. The largest absolute Gasteiger partial charge is 0.383 e. The van der Waals surface area contributed by atoms with Crippen molar-refractivity contribution in [3.63, 3.8) is 0 Å². The van der Waals surface area contributed by atoms with Crippen LogP contribution in [0.2, 0.25) is 0 Å². The highest BCUT2D eigenvalue weighted by Crippen LogP contribution is 2.33. The Morgan fingerprint density at radius 2 is 2.06 bits per heavy atom. The van der Waals surface area contributed by atoms with Gasteiger partial charge in [0.1, 0.15) is 5.01 Å². The summed E-state index contributed by atoms with van der Waals surface area (Å²) in [5.74, 6) is 0.279. The van der Waals surface area contributed by atoms with Gasteiger partial charge in [-0.2, -0.15) is 0 Å². The second-order valence-corrected chi connectivity index (χ2v) is 8.85. The molecule has 0 radical (unpaired) electrons. The predicted molar refractivity (Wildman–Crippen MR) is 121 cm³/mol. The maximum atomic E-state index is 13.4. The van der Waals surface area contributed by atoms with Gasteiger partial charge in [0.15, 0.2) is 0 Å². The molecule has 2 aromatic heterocycles. The monoisotopic (exact) mass is 440 g/mol. The van der Waals surface area contributed by atoms with Gasteiger partial charge in [0.25, 0.3) is 5.91 Å². The Morgan fingerprint density at radius 1 is 1.29 bits per heavy atom. The molecule has 1 aliphatic rings. The van der Waals surface area contributed by atoms with Crippen molar-refractivity contribution in [1.29, 1.82) is 0 Å². The number of aromatic nitrogens is 2. The molecular formula is C23H28N4O3S. The first kappa shape index (κ1) is 21.5. The molecule has 0 bridgehead atoms. The molecule has 0 spiro atoms. The third kappa shape index (κ3) is 4.65. The van der Waals surface area contributed by atoms with Gasteiger partial charge >= 0.3 is 0 Å². The highest BCUT2D eigenvalue weighted by atomic mass is 32.1. The van der Waals surface area contributed by atoms with Crippen molar-refractivity contribution in [3.05, 3.63) is 52.6 Å². The van der Waals surface area contributed by atoms with E-state index in [0.717, 1.165) is 34.3 Å². The summed E-state index contributed by atoms with van der Waals surface area (Å²) < 4.78 is 7.31. The Morgan fingerprint density at radius 3 is 2.74 bits per heavy atom. The number of carbonyl (C=O) groups is 2. The number of amides is 2. The minimum atomic E-state index is -0.0919. The van der Waals surface area contributed by atoms with Crippen LogP contribution in [0.4, 0.5) is 0 Å². The number of benzene rings is 1. The first-order valence-electron chi connectivity index (χ1n) is 10.6. The number of thiazole rings is 1. The number of piperidine rings is 1. The Balaban J connectivity index is 1.49. The van der Waals surface area contributed by atoms with Crippen LogP contribution in [0.3, 0.4) is 0 Å². The van der Waals surface area contributed by atoms with E-state index in [1.165, 1.54) is 0 Å². The Labute approximate surface area is 186 Å². The number of para-hydroxylation sites is 1. The van der Waals surface area contributed by atoms with Crippen molar-refractivity contribution in [2.45, 2.75) is 32.4 Å². The van der Waals surface area contributed by atoms with Crippen LogP contribution in [0.15, 0.2) is 42.0 Å². The van der Waals surface area contributed by atoms with Gasteiger partial charge in [-0.25, -0.2) is 4.98 Å². The number of carbonyl (C=O) groups excluding carboxylic acids is 2. The fraction of sp³-hybridized carbons (Fsp3) is 0.435. The summed E-state index contributed by atoms with van der Waals surface area (Å²) in [7, 11) is 1.68. The molecule has 1 N–H and O–H groups in total. The molecule has 0 saturated carbocycles. The Bertz CT molecular complexity index is 1040. The molecule has 3 heterocycles. The van der Waals surface area contributed by atoms with Crippen LogP contribution in [0.25, 0.3) is 10.9 Å². The summed E-state index contributed by atoms with van der Waals surface area (Å²) in [6.45, 7) is 4.18. The fourth-order valence-electron chi connectivity index (χ4n) is 4.39. The number of likely N-dealkylation sites (tertiary alicyclic amines) is 1. The lowest BCUT2D eigenvalue weighted by Gasteiger charge is -2.35. The maximum absolute atomic E-state index is 13.4. The van der Waals surface area contributed by atoms with E-state index in [1.807, 2.05) is 40.7 Å². The number of hydrogen-bond acceptors (Lipinski definition) is 5. The van der Waals surface area contributed by atoms with Gasteiger partial charge in [-0.15, -0.1) is 11.3 Å². The van der Waals surface area contributed by atoms with Gasteiger partial charge < -0.3 is 19.5 Å². The van der Waals surface area contributed by atoms with Crippen LogP contribution in [-0.2, 0) is 16.1 Å². The number of ether oxygens (including phenoxy) is 1. The second-order valence-electron chi connectivity index (χ2n) is 7.92. The topological polar surface area (TPSA) is 76.5 Å². The molecule has 31 heavy (non-hydrogen) atoms. The molecule has 1 aliphatic heterocycles. The lowest BCUT2D eigenvalue weighted by atomic mass is 9.89. The minimum Gasteiger partial charge on any atom is -0.383 e. The number of fused-ring (bicyclic) bond motifs is 1. The highest BCUT2D eigenvalue weighted by molar-refractivity contribution is 7.09. The number of nitrogens with zero attached hydrogens (tertiary/aromatic N) is 3. The van der Waals surface area contributed by atoms with Gasteiger partial charge in [0, 0.05) is 62.3 Å².